The summed E-state index contributed by atoms with van der Waals surface area (Å²) in [5.41, 5.74) is 0.912. The Labute approximate surface area is 145 Å². The van der Waals surface area contributed by atoms with Gasteiger partial charge in [-0.3, -0.25) is 14.9 Å². The molecule has 3 aromatic rings. The zero-order valence-corrected chi connectivity index (χ0v) is 13.3. The summed E-state index contributed by atoms with van der Waals surface area (Å²) in [6.07, 6.45) is 0. The molecular weight excluding hydrogens is 352 g/mol. The fourth-order valence-corrected chi connectivity index (χ4v) is 2.35. The van der Waals surface area contributed by atoms with E-state index in [1.54, 1.807) is 30.3 Å². The number of benzene rings is 1. The lowest BCUT2D eigenvalue weighted by Gasteiger charge is -2.07. The zero-order valence-electron chi connectivity index (χ0n) is 12.6. The summed E-state index contributed by atoms with van der Waals surface area (Å²) < 4.78 is 10.3. The van der Waals surface area contributed by atoms with Gasteiger partial charge in [0, 0.05) is 11.3 Å². The molecule has 0 saturated heterocycles. The van der Waals surface area contributed by atoms with Crippen LogP contribution in [0.15, 0.2) is 51.3 Å². The Hall–Kier alpha value is -3.10. The van der Waals surface area contributed by atoms with E-state index in [4.69, 9.17) is 25.5 Å². The van der Waals surface area contributed by atoms with Crippen LogP contribution in [0.25, 0.3) is 11.3 Å². The second kappa shape index (κ2) is 6.80. The number of hydrogen-bond donors (Lipinski definition) is 2. The number of hydrogen-bond acceptors (Lipinski definition) is 6. The molecule has 0 spiro atoms. The second-order valence-electron chi connectivity index (χ2n) is 4.97. The number of rotatable bonds is 5. The van der Waals surface area contributed by atoms with Crippen molar-refractivity contribution in [3.63, 3.8) is 0 Å². The molecule has 1 amide bonds. The Kier molecular flexibility index (Phi) is 4.55. The van der Waals surface area contributed by atoms with Crippen LogP contribution in [0.4, 0.5) is 11.6 Å². The minimum absolute atomic E-state index is 0.191. The Bertz CT molecular complexity index is 946. The highest BCUT2D eigenvalue weighted by Crippen LogP contribution is 2.32. The molecule has 0 unspecified atom stereocenters. The number of nitrogens with zero attached hydrogens (tertiary/aromatic N) is 1. The lowest BCUT2D eigenvalue weighted by atomic mass is 10.1. The first-order valence-electron chi connectivity index (χ1n) is 7.03. The first-order valence-corrected chi connectivity index (χ1v) is 7.41. The highest BCUT2D eigenvalue weighted by Gasteiger charge is 2.18. The number of carbonyl (C=O) groups is 1. The fraction of sp³-hybridized carbons (Fsp3) is 0.0625. The van der Waals surface area contributed by atoms with E-state index in [0.29, 0.717) is 27.8 Å². The van der Waals surface area contributed by atoms with Gasteiger partial charge < -0.3 is 19.3 Å². The normalized spacial score (nSPS) is 10.6. The molecule has 0 aliphatic heterocycles. The minimum Gasteiger partial charge on any atom is -0.459 e. The summed E-state index contributed by atoms with van der Waals surface area (Å²) in [6, 6.07) is 10.3. The third-order valence-corrected chi connectivity index (χ3v) is 3.63. The van der Waals surface area contributed by atoms with Crippen LogP contribution < -0.4 is 5.32 Å². The maximum absolute atomic E-state index is 12.1. The number of aliphatic hydroxyl groups excluding tert-OH is 1. The van der Waals surface area contributed by atoms with Crippen molar-refractivity contribution >= 4 is 29.1 Å². The Morgan fingerprint density at radius 3 is 2.64 bits per heavy atom. The van der Waals surface area contributed by atoms with Crippen molar-refractivity contribution in [3.8, 4) is 11.3 Å². The fourth-order valence-electron chi connectivity index (χ4n) is 2.14. The molecule has 0 aliphatic rings. The van der Waals surface area contributed by atoms with E-state index in [-0.39, 0.29) is 12.4 Å². The molecule has 8 nitrogen and oxygen atoms in total. The van der Waals surface area contributed by atoms with Gasteiger partial charge in [0.15, 0.2) is 5.76 Å². The maximum Gasteiger partial charge on any atom is 0.433 e. The van der Waals surface area contributed by atoms with E-state index in [9.17, 15) is 14.9 Å². The molecule has 128 valence electrons. The molecule has 3 rings (SSSR count). The number of amides is 1. The maximum atomic E-state index is 12.1. The van der Waals surface area contributed by atoms with E-state index in [0.717, 1.165) is 6.07 Å². The Morgan fingerprint density at radius 1 is 1.20 bits per heavy atom. The summed E-state index contributed by atoms with van der Waals surface area (Å²) in [5, 5.41) is 22.6. The third kappa shape index (κ3) is 3.54. The van der Waals surface area contributed by atoms with Crippen molar-refractivity contribution in [1.82, 2.24) is 0 Å². The monoisotopic (exact) mass is 362 g/mol. The number of aliphatic hydroxyl groups is 1. The number of anilines is 1. The highest BCUT2D eigenvalue weighted by molar-refractivity contribution is 6.33. The van der Waals surface area contributed by atoms with Crippen molar-refractivity contribution in [3.05, 3.63) is 69.1 Å². The molecule has 0 aliphatic carbocycles. The molecule has 2 aromatic heterocycles. The average molecular weight is 363 g/mol. The van der Waals surface area contributed by atoms with Crippen molar-refractivity contribution < 1.29 is 23.7 Å². The van der Waals surface area contributed by atoms with Crippen LogP contribution in [0.2, 0.25) is 5.02 Å². The molecule has 0 atom stereocenters. The van der Waals surface area contributed by atoms with Crippen LogP contribution >= 0.6 is 11.6 Å². The van der Waals surface area contributed by atoms with Crippen molar-refractivity contribution in [2.24, 2.45) is 0 Å². The van der Waals surface area contributed by atoms with Gasteiger partial charge in [-0.2, -0.15) is 0 Å². The summed E-state index contributed by atoms with van der Waals surface area (Å²) >= 11 is 6.15. The van der Waals surface area contributed by atoms with Crippen LogP contribution in [0.3, 0.4) is 0 Å². The van der Waals surface area contributed by atoms with Crippen LogP contribution in [0.1, 0.15) is 16.3 Å². The first kappa shape index (κ1) is 16.7. The molecule has 0 radical (unpaired) electrons. The Balaban J connectivity index is 1.84. The van der Waals surface area contributed by atoms with Gasteiger partial charge in [0.05, 0.1) is 11.1 Å². The predicted molar refractivity (Wildman–Crippen MR) is 88.4 cm³/mol. The van der Waals surface area contributed by atoms with Gasteiger partial charge in [-0.05, 0) is 36.4 Å². The zero-order chi connectivity index (χ0) is 18.0. The minimum atomic E-state index is -0.729. The third-order valence-electron chi connectivity index (χ3n) is 3.30. The molecular formula is C16H11ClN2O6. The van der Waals surface area contributed by atoms with Gasteiger partial charge in [0.25, 0.3) is 5.91 Å². The number of nitrogens with one attached hydrogen (secondary N) is 1. The molecule has 0 fully saturated rings. The number of nitro groups is 1. The number of furan rings is 2. The summed E-state index contributed by atoms with van der Waals surface area (Å²) in [5.74, 6) is -0.545. The van der Waals surface area contributed by atoms with E-state index in [1.807, 2.05) is 0 Å². The van der Waals surface area contributed by atoms with Gasteiger partial charge >= 0.3 is 5.88 Å². The smallest absolute Gasteiger partial charge is 0.433 e. The standard InChI is InChI=1S/C16H11ClN2O6/c17-12-3-1-9(7-11(12)13-4-2-10(8-20)24-13)18-16(21)14-5-6-15(25-14)19(22)23/h1-7,20H,8H2,(H,18,21). The van der Waals surface area contributed by atoms with Crippen LogP contribution in [0.5, 0.6) is 0 Å². The highest BCUT2D eigenvalue weighted by atomic mass is 35.5. The summed E-state index contributed by atoms with van der Waals surface area (Å²) in [6.45, 7) is -0.245. The number of carbonyl (C=O) groups excluding carboxylic acids is 1. The summed E-state index contributed by atoms with van der Waals surface area (Å²) in [4.78, 5) is 22.0. The van der Waals surface area contributed by atoms with Gasteiger partial charge in [-0.1, -0.05) is 11.6 Å². The van der Waals surface area contributed by atoms with Gasteiger partial charge in [-0.25, -0.2) is 0 Å². The van der Waals surface area contributed by atoms with E-state index < -0.39 is 16.7 Å². The van der Waals surface area contributed by atoms with Gasteiger partial charge in [0.2, 0.25) is 0 Å². The molecule has 1 aromatic carbocycles. The molecule has 25 heavy (non-hydrogen) atoms. The molecule has 2 N–H and O–H groups in total. The van der Waals surface area contributed by atoms with Crippen LogP contribution in [-0.2, 0) is 6.61 Å². The lowest BCUT2D eigenvalue weighted by molar-refractivity contribution is -0.402. The van der Waals surface area contributed by atoms with Crippen LogP contribution in [0, 0.1) is 10.1 Å². The molecule has 9 heteroatoms. The SMILES string of the molecule is O=C(Nc1ccc(Cl)c(-c2ccc(CO)o2)c1)c1ccc([N+](=O)[O-])o1. The van der Waals surface area contributed by atoms with Gasteiger partial charge in [-0.15, -0.1) is 0 Å². The van der Waals surface area contributed by atoms with Crippen LogP contribution in [-0.4, -0.2) is 15.9 Å². The molecule has 0 saturated carbocycles. The Morgan fingerprint density at radius 2 is 2.00 bits per heavy atom. The van der Waals surface area contributed by atoms with Gasteiger partial charge in [0.1, 0.15) is 23.1 Å². The summed E-state index contributed by atoms with van der Waals surface area (Å²) in [7, 11) is 0. The first-order chi connectivity index (χ1) is 12.0. The number of halogens is 1. The predicted octanol–water partition coefficient (Wildman–Crippen LogP) is 3.85. The topological polar surface area (TPSA) is 119 Å². The average Bonchev–Trinajstić information content (AvgIpc) is 3.25. The van der Waals surface area contributed by atoms with Crippen molar-refractivity contribution in [2.75, 3.05) is 5.32 Å². The largest absolute Gasteiger partial charge is 0.459 e. The van der Waals surface area contributed by atoms with Crippen molar-refractivity contribution in [1.29, 1.82) is 0 Å². The van der Waals surface area contributed by atoms with Crippen molar-refractivity contribution in [2.45, 2.75) is 6.61 Å². The second-order valence-corrected chi connectivity index (χ2v) is 5.38. The van der Waals surface area contributed by atoms with E-state index in [2.05, 4.69) is 5.32 Å². The van der Waals surface area contributed by atoms with E-state index >= 15 is 0 Å². The van der Waals surface area contributed by atoms with E-state index in [1.165, 1.54) is 6.07 Å². The lowest BCUT2D eigenvalue weighted by Crippen LogP contribution is -2.10. The molecule has 0 bridgehead atoms. The molecule has 2 heterocycles. The quantitative estimate of drug-likeness (QED) is 0.525.